The van der Waals surface area contributed by atoms with Gasteiger partial charge in [-0.1, -0.05) is 24.3 Å². The van der Waals surface area contributed by atoms with Crippen LogP contribution in [-0.2, 0) is 17.7 Å². The summed E-state index contributed by atoms with van der Waals surface area (Å²) in [5, 5.41) is 11.0. The fourth-order valence-corrected chi connectivity index (χ4v) is 6.53. The minimum atomic E-state index is -0.681. The van der Waals surface area contributed by atoms with E-state index in [0.717, 1.165) is 32.4 Å². The van der Waals surface area contributed by atoms with Crippen LogP contribution >= 0.6 is 0 Å². The molecule has 4 aliphatic rings. The molecule has 2 aromatic carbocycles. The number of rotatable bonds is 5. The zero-order valence-electron chi connectivity index (χ0n) is 22.3. The summed E-state index contributed by atoms with van der Waals surface area (Å²) < 4.78 is 11.9. The Hall–Kier alpha value is -2.94. The number of aliphatic hydroxyl groups is 1. The first-order valence-corrected chi connectivity index (χ1v) is 13.8. The van der Waals surface area contributed by atoms with Gasteiger partial charge in [-0.25, -0.2) is 0 Å². The third kappa shape index (κ3) is 4.93. The Balaban J connectivity index is 1.16. The normalized spacial score (nSPS) is 25.3. The van der Waals surface area contributed by atoms with E-state index in [0.29, 0.717) is 43.2 Å². The van der Waals surface area contributed by atoms with E-state index in [4.69, 9.17) is 9.47 Å². The van der Waals surface area contributed by atoms with E-state index < -0.39 is 11.7 Å². The maximum absolute atomic E-state index is 13.6. The summed E-state index contributed by atoms with van der Waals surface area (Å²) in [6, 6.07) is 13.8. The molecule has 6 rings (SSSR count). The first-order valence-electron chi connectivity index (χ1n) is 13.8. The van der Waals surface area contributed by atoms with Gasteiger partial charge in [0.1, 0.15) is 11.4 Å². The van der Waals surface area contributed by atoms with E-state index >= 15 is 0 Å². The summed E-state index contributed by atoms with van der Waals surface area (Å²) in [5.41, 5.74) is 2.96. The summed E-state index contributed by atoms with van der Waals surface area (Å²) in [7, 11) is 0. The highest BCUT2D eigenvalue weighted by molar-refractivity contribution is 6.01. The van der Waals surface area contributed by atoms with Crippen LogP contribution < -0.4 is 4.74 Å². The standard InChI is InChI=1S/C30H37N3O5/c1-30(2)19-32(16-25(34)15-31-12-11-20-5-3-4-6-22(20)14-31)29(36)26-10-7-21(13-27(26)38-30)28(35)33-23-8-9-24(33)18-37-17-23/h3-7,10,13,23-25,34H,8-9,11-12,14-19H2,1-2H3/t23?,24?,25-/m1/s1. The van der Waals surface area contributed by atoms with Crippen molar-refractivity contribution in [3.8, 4) is 5.75 Å². The highest BCUT2D eigenvalue weighted by Crippen LogP contribution is 2.34. The quantitative estimate of drug-likeness (QED) is 0.654. The van der Waals surface area contributed by atoms with Crippen molar-refractivity contribution in [3.63, 3.8) is 0 Å². The van der Waals surface area contributed by atoms with Gasteiger partial charge in [0, 0.05) is 31.7 Å². The molecule has 2 aromatic rings. The Bertz CT molecular complexity index is 1210. The zero-order chi connectivity index (χ0) is 26.4. The summed E-state index contributed by atoms with van der Waals surface area (Å²) in [5.74, 6) is 0.215. The molecule has 3 atom stereocenters. The predicted octanol–water partition coefficient (Wildman–Crippen LogP) is 2.72. The van der Waals surface area contributed by atoms with Crippen LogP contribution in [0, 0.1) is 0 Å². The van der Waals surface area contributed by atoms with E-state index in [2.05, 4.69) is 29.2 Å². The number of carbonyl (C=O) groups excluding carboxylic acids is 2. The average Bonchev–Trinajstić information content (AvgIpc) is 3.08. The number of morpholine rings is 1. The van der Waals surface area contributed by atoms with Crippen molar-refractivity contribution in [1.29, 1.82) is 0 Å². The van der Waals surface area contributed by atoms with Crippen molar-refractivity contribution >= 4 is 11.8 Å². The molecular formula is C30H37N3O5. The molecule has 0 saturated carbocycles. The number of carbonyl (C=O) groups is 2. The molecule has 2 unspecified atom stereocenters. The number of hydrogen-bond acceptors (Lipinski definition) is 6. The van der Waals surface area contributed by atoms with Crippen molar-refractivity contribution < 1.29 is 24.2 Å². The summed E-state index contributed by atoms with van der Waals surface area (Å²) >= 11 is 0. The molecule has 202 valence electrons. The van der Waals surface area contributed by atoms with E-state index in [9.17, 15) is 14.7 Å². The highest BCUT2D eigenvalue weighted by atomic mass is 16.5. The minimum absolute atomic E-state index is 0.0305. The molecule has 0 aliphatic carbocycles. The third-order valence-electron chi connectivity index (χ3n) is 8.29. The number of ether oxygens (including phenoxy) is 2. The molecule has 2 amide bonds. The van der Waals surface area contributed by atoms with E-state index in [1.807, 2.05) is 18.7 Å². The summed E-state index contributed by atoms with van der Waals surface area (Å²) in [6.07, 6.45) is 2.21. The first-order chi connectivity index (χ1) is 18.3. The van der Waals surface area contributed by atoms with Gasteiger partial charge >= 0.3 is 0 Å². The minimum Gasteiger partial charge on any atom is -0.485 e. The number of nitrogens with zero attached hydrogens (tertiary/aromatic N) is 3. The van der Waals surface area contributed by atoms with Gasteiger partial charge in [0.25, 0.3) is 11.8 Å². The molecule has 4 heterocycles. The van der Waals surface area contributed by atoms with Crippen molar-refractivity contribution in [1.82, 2.24) is 14.7 Å². The Kier molecular flexibility index (Phi) is 6.66. The molecule has 38 heavy (non-hydrogen) atoms. The number of β-amino-alcohol motifs (C(OH)–C–C–N with tert-alkyl or cyclic N) is 1. The summed E-state index contributed by atoms with van der Waals surface area (Å²) in [6.45, 7) is 7.80. The SMILES string of the molecule is CC1(C)CN(C[C@H](O)CN2CCc3ccccc3C2)C(=O)c2ccc(C(=O)N3C4CCC3COC4)cc2O1. The van der Waals surface area contributed by atoms with E-state index in [1.165, 1.54) is 11.1 Å². The number of amides is 2. The molecule has 2 saturated heterocycles. The van der Waals surface area contributed by atoms with Crippen LogP contribution in [0.1, 0.15) is 58.5 Å². The largest absolute Gasteiger partial charge is 0.485 e. The number of hydrogen-bond donors (Lipinski definition) is 1. The lowest BCUT2D eigenvalue weighted by Gasteiger charge is -2.35. The van der Waals surface area contributed by atoms with Crippen LogP contribution in [0.4, 0.5) is 0 Å². The maximum Gasteiger partial charge on any atom is 0.257 e. The van der Waals surface area contributed by atoms with Gasteiger partial charge in [0.15, 0.2) is 0 Å². The molecule has 0 aromatic heterocycles. The maximum atomic E-state index is 13.6. The number of aliphatic hydroxyl groups excluding tert-OH is 1. The molecule has 2 fully saturated rings. The molecule has 8 heteroatoms. The van der Waals surface area contributed by atoms with Crippen molar-refractivity contribution in [2.24, 2.45) is 0 Å². The van der Waals surface area contributed by atoms with Gasteiger partial charge in [0.2, 0.25) is 0 Å². The molecule has 2 bridgehead atoms. The zero-order valence-corrected chi connectivity index (χ0v) is 22.3. The van der Waals surface area contributed by atoms with Crippen molar-refractivity contribution in [3.05, 3.63) is 64.7 Å². The van der Waals surface area contributed by atoms with Gasteiger partial charge in [-0.05, 0) is 62.4 Å². The van der Waals surface area contributed by atoms with Crippen LogP contribution in [0.15, 0.2) is 42.5 Å². The summed E-state index contributed by atoms with van der Waals surface area (Å²) in [4.78, 5) is 33.0. The molecule has 0 radical (unpaired) electrons. The molecule has 8 nitrogen and oxygen atoms in total. The van der Waals surface area contributed by atoms with Gasteiger partial charge in [-0.3, -0.25) is 14.5 Å². The lowest BCUT2D eigenvalue weighted by atomic mass is 9.99. The lowest BCUT2D eigenvalue weighted by molar-refractivity contribution is -0.00720. The Morgan fingerprint density at radius 3 is 2.58 bits per heavy atom. The monoisotopic (exact) mass is 519 g/mol. The van der Waals surface area contributed by atoms with Gasteiger partial charge < -0.3 is 24.4 Å². The topological polar surface area (TPSA) is 82.6 Å². The second-order valence-electron chi connectivity index (χ2n) is 11.8. The van der Waals surface area contributed by atoms with Crippen LogP contribution in [0.5, 0.6) is 5.75 Å². The number of benzene rings is 2. The van der Waals surface area contributed by atoms with Crippen LogP contribution in [-0.4, -0.2) is 94.8 Å². The van der Waals surface area contributed by atoms with E-state index in [-0.39, 0.29) is 30.4 Å². The molecule has 0 spiro atoms. The average molecular weight is 520 g/mol. The Morgan fingerprint density at radius 2 is 1.82 bits per heavy atom. The van der Waals surface area contributed by atoms with Crippen LogP contribution in [0.2, 0.25) is 0 Å². The van der Waals surface area contributed by atoms with E-state index in [1.54, 1.807) is 23.1 Å². The Morgan fingerprint density at radius 1 is 1.08 bits per heavy atom. The Labute approximate surface area is 224 Å². The van der Waals surface area contributed by atoms with Crippen molar-refractivity contribution in [2.75, 3.05) is 39.4 Å². The van der Waals surface area contributed by atoms with Gasteiger partial charge in [0.05, 0.1) is 43.5 Å². The van der Waals surface area contributed by atoms with Gasteiger partial charge in [-0.15, -0.1) is 0 Å². The lowest BCUT2D eigenvalue weighted by Crippen LogP contribution is -2.49. The van der Waals surface area contributed by atoms with Crippen LogP contribution in [0.25, 0.3) is 0 Å². The molecular weight excluding hydrogens is 482 g/mol. The smallest absolute Gasteiger partial charge is 0.257 e. The molecule has 1 N–H and O–H groups in total. The second kappa shape index (κ2) is 9.98. The van der Waals surface area contributed by atoms with Gasteiger partial charge in [-0.2, -0.15) is 0 Å². The predicted molar refractivity (Wildman–Crippen MR) is 142 cm³/mol. The van der Waals surface area contributed by atoms with Crippen LogP contribution in [0.3, 0.4) is 0 Å². The fraction of sp³-hybridized carbons (Fsp3) is 0.533. The van der Waals surface area contributed by atoms with Crippen molar-refractivity contribution in [2.45, 2.75) is 63.4 Å². The molecule has 4 aliphatic heterocycles. The number of fused-ring (bicyclic) bond motifs is 4. The fourth-order valence-electron chi connectivity index (χ4n) is 6.53. The third-order valence-corrected chi connectivity index (χ3v) is 8.29. The highest BCUT2D eigenvalue weighted by Gasteiger charge is 2.41. The second-order valence-corrected chi connectivity index (χ2v) is 11.8. The first kappa shape index (κ1) is 25.3.